The van der Waals surface area contributed by atoms with Crippen LogP contribution in [0.3, 0.4) is 0 Å². The highest BCUT2D eigenvalue weighted by atomic mass is 32.0. The Bertz CT molecular complexity index is 100. The lowest BCUT2D eigenvalue weighted by Gasteiger charge is -2.16. The standard InChI is InChI=1S/C6H14O3P2/c1-7-4-6-5(9-11-10)2-3-8-6/h5-6,11H,2-4,10H2,1H3/t5-,6-/m1/s1. The van der Waals surface area contributed by atoms with E-state index in [0.717, 1.165) is 13.0 Å². The molecule has 0 aromatic carbocycles. The molecule has 0 saturated carbocycles. The fourth-order valence-corrected chi connectivity index (χ4v) is 2.14. The van der Waals surface area contributed by atoms with Crippen LogP contribution in [0.2, 0.25) is 0 Å². The van der Waals surface area contributed by atoms with Gasteiger partial charge < -0.3 is 14.0 Å². The SMILES string of the molecule is COC[C@H]1OCC[C@H]1OPP. The first-order valence-electron chi connectivity index (χ1n) is 3.60. The van der Waals surface area contributed by atoms with Crippen molar-refractivity contribution in [2.24, 2.45) is 0 Å². The average molecular weight is 196 g/mol. The van der Waals surface area contributed by atoms with E-state index in [4.69, 9.17) is 14.0 Å². The van der Waals surface area contributed by atoms with E-state index in [1.54, 1.807) is 7.11 Å². The summed E-state index contributed by atoms with van der Waals surface area (Å²) in [5, 5.41) is 0. The van der Waals surface area contributed by atoms with E-state index in [2.05, 4.69) is 8.93 Å². The summed E-state index contributed by atoms with van der Waals surface area (Å²) in [6, 6.07) is 0. The van der Waals surface area contributed by atoms with Gasteiger partial charge in [-0.15, -0.1) is 0 Å². The van der Waals surface area contributed by atoms with Gasteiger partial charge in [0.05, 0.1) is 12.7 Å². The molecule has 4 atom stereocenters. The summed E-state index contributed by atoms with van der Waals surface area (Å²) in [7, 11) is 4.72. The molecule has 0 bridgehead atoms. The fourth-order valence-electron chi connectivity index (χ4n) is 1.17. The van der Waals surface area contributed by atoms with E-state index in [1.807, 2.05) is 0 Å². The number of methoxy groups -OCH3 is 1. The van der Waals surface area contributed by atoms with E-state index in [0.29, 0.717) is 15.1 Å². The normalized spacial score (nSPS) is 32.2. The summed E-state index contributed by atoms with van der Waals surface area (Å²) in [4.78, 5) is 0. The zero-order valence-electron chi connectivity index (χ0n) is 6.58. The zero-order chi connectivity index (χ0) is 8.10. The summed E-state index contributed by atoms with van der Waals surface area (Å²) >= 11 is 0. The Morgan fingerprint density at radius 2 is 2.55 bits per heavy atom. The van der Waals surface area contributed by atoms with Crippen LogP contribution in [0.1, 0.15) is 6.42 Å². The van der Waals surface area contributed by atoms with Gasteiger partial charge in [-0.3, -0.25) is 0 Å². The van der Waals surface area contributed by atoms with Crippen LogP contribution in [0.15, 0.2) is 0 Å². The third kappa shape index (κ3) is 2.93. The first-order valence-corrected chi connectivity index (χ1v) is 6.32. The van der Waals surface area contributed by atoms with Crippen molar-refractivity contribution >= 4 is 17.4 Å². The van der Waals surface area contributed by atoms with Crippen molar-refractivity contribution in [3.05, 3.63) is 0 Å². The van der Waals surface area contributed by atoms with Gasteiger partial charge in [-0.1, -0.05) is 8.93 Å². The lowest BCUT2D eigenvalue weighted by Crippen LogP contribution is -2.26. The van der Waals surface area contributed by atoms with Crippen LogP contribution in [0, 0.1) is 0 Å². The molecule has 0 aromatic heterocycles. The molecule has 66 valence electrons. The zero-order valence-corrected chi connectivity index (χ0v) is 8.73. The van der Waals surface area contributed by atoms with Crippen molar-refractivity contribution in [1.82, 2.24) is 0 Å². The largest absolute Gasteiger partial charge is 0.382 e. The second-order valence-corrected chi connectivity index (χ2v) is 3.61. The van der Waals surface area contributed by atoms with Crippen LogP contribution < -0.4 is 0 Å². The van der Waals surface area contributed by atoms with Crippen LogP contribution in [-0.4, -0.2) is 32.5 Å². The van der Waals surface area contributed by atoms with Gasteiger partial charge in [-0.25, -0.2) is 0 Å². The van der Waals surface area contributed by atoms with Crippen LogP contribution in [0.5, 0.6) is 0 Å². The van der Waals surface area contributed by atoms with Crippen molar-refractivity contribution in [1.29, 1.82) is 0 Å². The van der Waals surface area contributed by atoms with Gasteiger partial charge in [0.15, 0.2) is 0 Å². The first kappa shape index (κ1) is 9.83. The van der Waals surface area contributed by atoms with Crippen LogP contribution in [0.25, 0.3) is 0 Å². The van der Waals surface area contributed by atoms with E-state index < -0.39 is 0 Å². The van der Waals surface area contributed by atoms with Crippen LogP contribution in [-0.2, 0) is 14.0 Å². The molecule has 0 amide bonds. The maximum atomic E-state index is 5.45. The molecule has 1 fully saturated rings. The summed E-state index contributed by atoms with van der Waals surface area (Å²) < 4.78 is 15.9. The molecule has 0 aliphatic carbocycles. The van der Waals surface area contributed by atoms with E-state index in [1.165, 1.54) is 0 Å². The Morgan fingerprint density at radius 3 is 3.18 bits per heavy atom. The van der Waals surface area contributed by atoms with E-state index in [9.17, 15) is 0 Å². The van der Waals surface area contributed by atoms with Crippen LogP contribution in [0.4, 0.5) is 0 Å². The van der Waals surface area contributed by atoms with Crippen LogP contribution >= 0.6 is 17.4 Å². The minimum absolute atomic E-state index is 0.146. The molecule has 2 unspecified atom stereocenters. The first-order chi connectivity index (χ1) is 5.38. The van der Waals surface area contributed by atoms with Crippen molar-refractivity contribution < 1.29 is 14.0 Å². The summed E-state index contributed by atoms with van der Waals surface area (Å²) in [6.45, 7) is 1.44. The lowest BCUT2D eigenvalue weighted by molar-refractivity contribution is 0.00189. The summed E-state index contributed by atoms with van der Waals surface area (Å²) in [6.07, 6.45) is 1.38. The molecule has 5 heteroatoms. The van der Waals surface area contributed by atoms with Crippen molar-refractivity contribution in [3.8, 4) is 0 Å². The monoisotopic (exact) mass is 196 g/mol. The molecule has 3 nitrogen and oxygen atoms in total. The Balaban J connectivity index is 2.25. The Morgan fingerprint density at radius 1 is 1.73 bits per heavy atom. The molecule has 0 spiro atoms. The fraction of sp³-hybridized carbons (Fsp3) is 1.00. The van der Waals surface area contributed by atoms with Gasteiger partial charge in [0.2, 0.25) is 0 Å². The van der Waals surface area contributed by atoms with Gasteiger partial charge in [-0.05, 0) is 6.42 Å². The minimum Gasteiger partial charge on any atom is -0.382 e. The van der Waals surface area contributed by atoms with Crippen molar-refractivity contribution in [2.45, 2.75) is 18.6 Å². The van der Waals surface area contributed by atoms with Gasteiger partial charge in [-0.2, -0.15) is 0 Å². The maximum Gasteiger partial charge on any atom is 0.107 e. The van der Waals surface area contributed by atoms with E-state index in [-0.39, 0.29) is 12.2 Å². The molecule has 1 aliphatic rings. The molecule has 0 radical (unpaired) electrons. The summed E-state index contributed by atoms with van der Waals surface area (Å²) in [5.74, 6) is 0. The Labute approximate surface area is 71.1 Å². The summed E-state index contributed by atoms with van der Waals surface area (Å²) in [5.41, 5.74) is 0. The number of hydrogen-bond acceptors (Lipinski definition) is 3. The second kappa shape index (κ2) is 5.40. The average Bonchev–Trinajstić information content (AvgIpc) is 2.39. The highest BCUT2D eigenvalue weighted by Crippen LogP contribution is 2.29. The number of rotatable bonds is 4. The number of hydrogen-bond donors (Lipinski definition) is 0. The van der Waals surface area contributed by atoms with Crippen molar-refractivity contribution in [3.63, 3.8) is 0 Å². The second-order valence-electron chi connectivity index (χ2n) is 2.43. The van der Waals surface area contributed by atoms with Gasteiger partial charge in [0.25, 0.3) is 0 Å². The minimum atomic E-state index is 0.146. The van der Waals surface area contributed by atoms with E-state index >= 15 is 0 Å². The van der Waals surface area contributed by atoms with Gasteiger partial charge >= 0.3 is 0 Å². The Kier molecular flexibility index (Phi) is 4.82. The van der Waals surface area contributed by atoms with Crippen molar-refractivity contribution in [2.75, 3.05) is 20.3 Å². The molecular weight excluding hydrogens is 182 g/mol. The third-order valence-electron chi connectivity index (χ3n) is 1.70. The molecule has 11 heavy (non-hydrogen) atoms. The molecule has 0 aromatic rings. The predicted octanol–water partition coefficient (Wildman–Crippen LogP) is 1.19. The molecule has 1 saturated heterocycles. The molecule has 0 N–H and O–H groups in total. The molecular formula is C6H14O3P2. The van der Waals surface area contributed by atoms with Gasteiger partial charge in [0, 0.05) is 22.2 Å². The lowest BCUT2D eigenvalue weighted by atomic mass is 10.2. The topological polar surface area (TPSA) is 27.7 Å². The quantitative estimate of drug-likeness (QED) is 0.632. The third-order valence-corrected chi connectivity index (χ3v) is 2.55. The highest BCUT2D eigenvalue weighted by Gasteiger charge is 2.28. The highest BCUT2D eigenvalue weighted by molar-refractivity contribution is 8.00. The number of ether oxygens (including phenoxy) is 2. The molecule has 1 rings (SSSR count). The Hall–Kier alpha value is 0.740. The predicted molar refractivity (Wildman–Crippen MR) is 49.1 cm³/mol. The molecule has 1 heterocycles. The molecule has 1 aliphatic heterocycles. The van der Waals surface area contributed by atoms with Gasteiger partial charge in [0.1, 0.15) is 6.10 Å². The smallest absolute Gasteiger partial charge is 0.107 e. The maximum absolute atomic E-state index is 5.45.